The van der Waals surface area contributed by atoms with E-state index in [-0.39, 0.29) is 0 Å². The lowest BCUT2D eigenvalue weighted by Crippen LogP contribution is -2.09. The van der Waals surface area contributed by atoms with Gasteiger partial charge in [0.15, 0.2) is 0 Å². The minimum Gasteiger partial charge on any atom is -0.455 e. The Morgan fingerprint density at radius 3 is 1.58 bits per heavy atom. The van der Waals surface area contributed by atoms with E-state index in [1.807, 2.05) is 12.1 Å². The molecule has 3 heteroatoms. The maximum absolute atomic E-state index is 6.45. The highest BCUT2D eigenvalue weighted by atomic mass is 16.3. The molecule has 0 radical (unpaired) electrons. The van der Waals surface area contributed by atoms with Crippen molar-refractivity contribution in [3.63, 3.8) is 0 Å². The summed E-state index contributed by atoms with van der Waals surface area (Å²) in [5, 5.41) is 9.74. The molecule has 0 amide bonds. The average Bonchev–Trinajstić information content (AvgIpc) is 3.93. The first-order chi connectivity index (χ1) is 32.2. The molecule has 0 spiro atoms. The minimum absolute atomic E-state index is 0.903. The molecule has 0 saturated heterocycles. The van der Waals surface area contributed by atoms with Crippen LogP contribution in [0.3, 0.4) is 0 Å². The normalized spacial score (nSPS) is 11.7. The lowest BCUT2D eigenvalue weighted by atomic mass is 9.98. The number of nitrogens with zero attached hydrogens (tertiary/aromatic N) is 2. The van der Waals surface area contributed by atoms with Gasteiger partial charge in [0, 0.05) is 55.2 Å². The van der Waals surface area contributed by atoms with Crippen LogP contribution in [0.5, 0.6) is 0 Å². The fourth-order valence-electron chi connectivity index (χ4n) is 10.1. The Morgan fingerprint density at radius 2 is 0.846 bits per heavy atom. The van der Waals surface area contributed by atoms with Gasteiger partial charge in [0.25, 0.3) is 0 Å². The first-order valence-electron chi connectivity index (χ1n) is 22.2. The second-order valence-electron chi connectivity index (χ2n) is 16.9. The lowest BCUT2D eigenvalue weighted by Gasteiger charge is -2.26. The summed E-state index contributed by atoms with van der Waals surface area (Å²) >= 11 is 0. The van der Waals surface area contributed by atoms with Gasteiger partial charge in [0.1, 0.15) is 11.2 Å². The van der Waals surface area contributed by atoms with Gasteiger partial charge in [-0.15, -0.1) is 0 Å². The van der Waals surface area contributed by atoms with E-state index in [0.29, 0.717) is 0 Å². The van der Waals surface area contributed by atoms with Crippen LogP contribution in [0, 0.1) is 0 Å². The molecule has 0 aliphatic carbocycles. The van der Waals surface area contributed by atoms with E-state index in [9.17, 15) is 0 Å². The van der Waals surface area contributed by atoms with E-state index in [2.05, 4.69) is 240 Å². The number of aromatic nitrogens is 1. The third kappa shape index (κ3) is 6.12. The van der Waals surface area contributed by atoms with E-state index >= 15 is 0 Å². The number of anilines is 3. The standard InChI is InChI=1S/C62H40N2O/c1-2-15-47(16-3-1)64-59-40-46(31-38-55(59)57-39-30-43-13-5-7-18-53(43)61(57)64)41-24-32-48(33-25-41)63(49-34-26-44(27-35-49)52-20-10-14-42-12-4-6-17-51(42)52)50-36-28-45(29-37-50)54-21-11-22-58-56-19-8-9-23-60(56)65-62(54)58/h1-40H. The summed E-state index contributed by atoms with van der Waals surface area (Å²) in [7, 11) is 0. The predicted molar refractivity (Wildman–Crippen MR) is 274 cm³/mol. The van der Waals surface area contributed by atoms with Crippen LogP contribution in [0.1, 0.15) is 0 Å². The van der Waals surface area contributed by atoms with Gasteiger partial charge < -0.3 is 13.9 Å². The molecule has 13 rings (SSSR count). The fraction of sp³-hybridized carbons (Fsp3) is 0. The van der Waals surface area contributed by atoms with E-state index in [0.717, 1.165) is 61.4 Å². The molecule has 0 aliphatic heterocycles. The van der Waals surface area contributed by atoms with Crippen molar-refractivity contribution in [3.8, 4) is 39.1 Å². The van der Waals surface area contributed by atoms with Gasteiger partial charge in [0.05, 0.1) is 11.0 Å². The molecule has 0 saturated carbocycles. The second kappa shape index (κ2) is 15.0. The first kappa shape index (κ1) is 36.9. The molecule has 0 aliphatic rings. The Hall–Kier alpha value is -8.66. The molecule has 13 aromatic rings. The second-order valence-corrected chi connectivity index (χ2v) is 16.9. The van der Waals surface area contributed by atoms with E-state index < -0.39 is 0 Å². The van der Waals surface area contributed by atoms with E-state index in [1.54, 1.807) is 0 Å². The van der Waals surface area contributed by atoms with E-state index in [1.165, 1.54) is 60.0 Å². The SMILES string of the molecule is c1ccc(-n2c3cc(-c4ccc(N(c5ccc(-c6cccc7ccccc67)cc5)c5ccc(-c6cccc7c6oc6ccccc67)cc5)cc4)ccc3c3ccc4ccccc4c32)cc1. The summed E-state index contributed by atoms with van der Waals surface area (Å²) in [5.41, 5.74) is 15.5. The molecule has 0 fully saturated rings. The summed E-state index contributed by atoms with van der Waals surface area (Å²) in [6.45, 7) is 0. The van der Waals surface area contributed by atoms with Crippen LogP contribution >= 0.6 is 0 Å². The van der Waals surface area contributed by atoms with Crippen molar-refractivity contribution in [1.82, 2.24) is 4.57 Å². The Balaban J connectivity index is 0.916. The third-order valence-corrected chi connectivity index (χ3v) is 13.2. The summed E-state index contributed by atoms with van der Waals surface area (Å²) in [5.74, 6) is 0. The van der Waals surface area contributed by atoms with Crippen molar-refractivity contribution in [2.75, 3.05) is 4.90 Å². The van der Waals surface area contributed by atoms with Crippen LogP contribution < -0.4 is 4.90 Å². The zero-order valence-corrected chi connectivity index (χ0v) is 35.4. The maximum atomic E-state index is 6.45. The summed E-state index contributed by atoms with van der Waals surface area (Å²) in [6.07, 6.45) is 0. The number of furan rings is 1. The van der Waals surface area contributed by atoms with Crippen LogP contribution in [-0.2, 0) is 0 Å². The molecule has 65 heavy (non-hydrogen) atoms. The molecule has 11 aromatic carbocycles. The highest BCUT2D eigenvalue weighted by molar-refractivity contribution is 6.19. The molecule has 304 valence electrons. The highest BCUT2D eigenvalue weighted by Gasteiger charge is 2.19. The summed E-state index contributed by atoms with van der Waals surface area (Å²) in [6, 6.07) is 87.6. The van der Waals surface area contributed by atoms with Gasteiger partial charge in [-0.05, 0) is 105 Å². The number of para-hydroxylation sites is 3. The molecule has 3 nitrogen and oxygen atoms in total. The largest absolute Gasteiger partial charge is 0.455 e. The Labute approximate surface area is 376 Å². The molecular weight excluding hydrogens is 789 g/mol. The third-order valence-electron chi connectivity index (χ3n) is 13.2. The van der Waals surface area contributed by atoms with Gasteiger partial charge in [0.2, 0.25) is 0 Å². The molecule has 0 bridgehead atoms. The molecular formula is C62H40N2O. The van der Waals surface area contributed by atoms with Crippen LogP contribution in [0.4, 0.5) is 17.1 Å². The first-order valence-corrected chi connectivity index (χ1v) is 22.2. The molecule has 0 unspecified atom stereocenters. The van der Waals surface area contributed by atoms with Crippen LogP contribution in [0.25, 0.3) is 104 Å². The van der Waals surface area contributed by atoms with Gasteiger partial charge in [-0.2, -0.15) is 0 Å². The zero-order chi connectivity index (χ0) is 42.8. The quantitative estimate of drug-likeness (QED) is 0.160. The Morgan fingerprint density at radius 1 is 0.323 bits per heavy atom. The average molecular weight is 829 g/mol. The molecule has 0 atom stereocenters. The molecule has 2 heterocycles. The van der Waals surface area contributed by atoms with Crippen molar-refractivity contribution in [2.24, 2.45) is 0 Å². The maximum Gasteiger partial charge on any atom is 0.143 e. The number of hydrogen-bond donors (Lipinski definition) is 0. The highest BCUT2D eigenvalue weighted by Crippen LogP contribution is 2.42. The molecule has 2 aromatic heterocycles. The number of rotatable bonds is 7. The smallest absolute Gasteiger partial charge is 0.143 e. The van der Waals surface area contributed by atoms with Crippen molar-refractivity contribution < 1.29 is 4.42 Å². The minimum atomic E-state index is 0.903. The van der Waals surface area contributed by atoms with Crippen molar-refractivity contribution in [3.05, 3.63) is 243 Å². The van der Waals surface area contributed by atoms with Crippen LogP contribution in [0.15, 0.2) is 247 Å². The van der Waals surface area contributed by atoms with Crippen molar-refractivity contribution in [2.45, 2.75) is 0 Å². The number of fused-ring (bicyclic) bond motifs is 9. The van der Waals surface area contributed by atoms with Gasteiger partial charge >= 0.3 is 0 Å². The van der Waals surface area contributed by atoms with Crippen LogP contribution in [0.2, 0.25) is 0 Å². The summed E-state index contributed by atoms with van der Waals surface area (Å²) < 4.78 is 8.89. The van der Waals surface area contributed by atoms with Crippen LogP contribution in [-0.4, -0.2) is 4.57 Å². The molecule has 0 N–H and O–H groups in total. The summed E-state index contributed by atoms with van der Waals surface area (Å²) in [4.78, 5) is 2.35. The number of hydrogen-bond acceptors (Lipinski definition) is 2. The predicted octanol–water partition coefficient (Wildman–Crippen LogP) is 17.5. The fourth-order valence-corrected chi connectivity index (χ4v) is 10.1. The number of benzene rings is 11. The zero-order valence-electron chi connectivity index (χ0n) is 35.4. The van der Waals surface area contributed by atoms with Gasteiger partial charge in [-0.1, -0.05) is 182 Å². The van der Waals surface area contributed by atoms with Crippen molar-refractivity contribution >= 4 is 82.4 Å². The topological polar surface area (TPSA) is 21.3 Å². The Kier molecular flexibility index (Phi) is 8.53. The lowest BCUT2D eigenvalue weighted by molar-refractivity contribution is 0.670. The van der Waals surface area contributed by atoms with Crippen molar-refractivity contribution in [1.29, 1.82) is 0 Å². The monoisotopic (exact) mass is 828 g/mol. The Bertz CT molecular complexity index is 3910. The van der Waals surface area contributed by atoms with Gasteiger partial charge in [-0.3, -0.25) is 0 Å². The van der Waals surface area contributed by atoms with Gasteiger partial charge in [-0.25, -0.2) is 0 Å². The van der Waals surface area contributed by atoms with E-state index in [4.69, 9.17) is 4.42 Å².